The maximum Gasteiger partial charge on any atom is 0.238 e. The van der Waals surface area contributed by atoms with E-state index in [-0.39, 0.29) is 5.91 Å². The van der Waals surface area contributed by atoms with Crippen molar-refractivity contribution in [1.29, 1.82) is 0 Å². The number of carbonyl (C=O) groups excluding carboxylic acids is 1. The van der Waals surface area contributed by atoms with Gasteiger partial charge in [0, 0.05) is 12.1 Å². The Morgan fingerprint density at radius 2 is 2.10 bits per heavy atom. The minimum Gasteiger partial charge on any atom is -0.346 e. The van der Waals surface area contributed by atoms with Crippen LogP contribution in [0.25, 0.3) is 0 Å². The molecule has 2 aliphatic rings. The average molecular weight is 290 g/mol. The summed E-state index contributed by atoms with van der Waals surface area (Å²) in [6.07, 6.45) is 1.92. The highest BCUT2D eigenvalue weighted by atomic mass is 16.7. The Labute approximate surface area is 125 Å². The first-order valence-electron chi connectivity index (χ1n) is 7.53. The van der Waals surface area contributed by atoms with Gasteiger partial charge in [-0.3, -0.25) is 9.69 Å². The number of nitrogens with zero attached hydrogens (tertiary/aromatic N) is 1. The number of aryl methyl sites for hydroxylation is 1. The van der Waals surface area contributed by atoms with Crippen LogP contribution < -0.4 is 5.32 Å². The predicted octanol–water partition coefficient (Wildman–Crippen LogP) is 1.77. The van der Waals surface area contributed by atoms with Crippen molar-refractivity contribution in [2.24, 2.45) is 0 Å². The van der Waals surface area contributed by atoms with Gasteiger partial charge in [-0.05, 0) is 31.5 Å². The molecule has 2 saturated heterocycles. The largest absolute Gasteiger partial charge is 0.346 e. The van der Waals surface area contributed by atoms with Crippen LogP contribution in [0.5, 0.6) is 0 Å². The first-order chi connectivity index (χ1) is 10.2. The Balaban J connectivity index is 1.56. The van der Waals surface area contributed by atoms with Gasteiger partial charge < -0.3 is 14.8 Å². The number of ether oxygens (including phenoxy) is 2. The minimum atomic E-state index is -0.471. The molecule has 114 valence electrons. The Bertz CT molecular complexity index is 512. The lowest BCUT2D eigenvalue weighted by Gasteiger charge is -2.38. The van der Waals surface area contributed by atoms with Crippen molar-refractivity contribution in [2.75, 3.05) is 38.2 Å². The maximum atomic E-state index is 12.2. The molecule has 1 aromatic rings. The van der Waals surface area contributed by atoms with Crippen LogP contribution in [0, 0.1) is 6.92 Å². The van der Waals surface area contributed by atoms with Crippen molar-refractivity contribution in [1.82, 2.24) is 4.90 Å². The molecule has 5 nitrogen and oxygen atoms in total. The summed E-state index contributed by atoms with van der Waals surface area (Å²) in [7, 11) is 0. The van der Waals surface area contributed by atoms with Crippen LogP contribution in [-0.4, -0.2) is 49.4 Å². The molecule has 1 aromatic carbocycles. The Morgan fingerprint density at radius 3 is 2.86 bits per heavy atom. The molecule has 5 heteroatoms. The number of likely N-dealkylation sites (tertiary alicyclic amines) is 1. The third-order valence-electron chi connectivity index (χ3n) is 4.10. The summed E-state index contributed by atoms with van der Waals surface area (Å²) in [5.74, 6) is -0.458. The molecular formula is C16H22N2O3. The smallest absolute Gasteiger partial charge is 0.238 e. The predicted molar refractivity (Wildman–Crippen MR) is 80.1 cm³/mol. The molecule has 2 heterocycles. The van der Waals surface area contributed by atoms with Crippen molar-refractivity contribution >= 4 is 11.6 Å². The van der Waals surface area contributed by atoms with Gasteiger partial charge in [-0.1, -0.05) is 18.2 Å². The molecule has 0 saturated carbocycles. The summed E-state index contributed by atoms with van der Waals surface area (Å²) in [4.78, 5) is 14.3. The standard InChI is InChI=1S/C16H22N2O3/c1-13-5-2-3-6-14(13)17-15(19)11-18-8-4-7-16(12-18)20-9-10-21-16/h2-3,5-6H,4,7-12H2,1H3,(H,17,19). The molecule has 0 aliphatic carbocycles. The quantitative estimate of drug-likeness (QED) is 0.922. The molecule has 0 unspecified atom stereocenters. The monoisotopic (exact) mass is 290 g/mol. The second-order valence-electron chi connectivity index (χ2n) is 5.78. The van der Waals surface area contributed by atoms with Gasteiger partial charge in [0.2, 0.25) is 5.91 Å². The topological polar surface area (TPSA) is 50.8 Å². The van der Waals surface area contributed by atoms with E-state index in [1.54, 1.807) is 0 Å². The van der Waals surface area contributed by atoms with Crippen LogP contribution in [0.15, 0.2) is 24.3 Å². The van der Waals surface area contributed by atoms with Crippen molar-refractivity contribution < 1.29 is 14.3 Å². The molecule has 2 fully saturated rings. The van der Waals surface area contributed by atoms with Crippen LogP contribution >= 0.6 is 0 Å². The van der Waals surface area contributed by atoms with E-state index in [0.29, 0.717) is 26.3 Å². The summed E-state index contributed by atoms with van der Waals surface area (Å²) in [5, 5.41) is 2.97. The van der Waals surface area contributed by atoms with Crippen LogP contribution in [-0.2, 0) is 14.3 Å². The van der Waals surface area contributed by atoms with E-state index in [0.717, 1.165) is 30.6 Å². The molecular weight excluding hydrogens is 268 g/mol. The highest BCUT2D eigenvalue weighted by Crippen LogP contribution is 2.29. The van der Waals surface area contributed by atoms with E-state index in [4.69, 9.17) is 9.47 Å². The zero-order valence-corrected chi connectivity index (χ0v) is 12.4. The molecule has 1 amide bonds. The Hall–Kier alpha value is -1.43. The molecule has 0 atom stereocenters. The van der Waals surface area contributed by atoms with Crippen LogP contribution in [0.1, 0.15) is 18.4 Å². The summed E-state index contributed by atoms with van der Waals surface area (Å²) >= 11 is 0. The minimum absolute atomic E-state index is 0.0133. The van der Waals surface area contributed by atoms with Gasteiger partial charge in [0.05, 0.1) is 26.3 Å². The highest BCUT2D eigenvalue weighted by Gasteiger charge is 2.40. The fourth-order valence-electron chi connectivity index (χ4n) is 3.04. The van der Waals surface area contributed by atoms with Crippen molar-refractivity contribution in [2.45, 2.75) is 25.6 Å². The third kappa shape index (κ3) is 3.43. The van der Waals surface area contributed by atoms with Crippen LogP contribution in [0.2, 0.25) is 0 Å². The molecule has 0 radical (unpaired) electrons. The number of carbonyl (C=O) groups is 1. The first-order valence-corrected chi connectivity index (χ1v) is 7.53. The molecule has 0 bridgehead atoms. The molecule has 1 N–H and O–H groups in total. The molecule has 2 aliphatic heterocycles. The maximum absolute atomic E-state index is 12.2. The van der Waals surface area contributed by atoms with E-state index in [2.05, 4.69) is 10.2 Å². The second kappa shape index (κ2) is 6.13. The lowest BCUT2D eigenvalue weighted by Crippen LogP contribution is -2.50. The SMILES string of the molecule is Cc1ccccc1NC(=O)CN1CCCC2(C1)OCCO2. The van der Waals surface area contributed by atoms with E-state index < -0.39 is 5.79 Å². The fraction of sp³-hybridized carbons (Fsp3) is 0.562. The van der Waals surface area contributed by atoms with Crippen LogP contribution in [0.4, 0.5) is 5.69 Å². The van der Waals surface area contributed by atoms with E-state index in [1.165, 1.54) is 0 Å². The van der Waals surface area contributed by atoms with E-state index >= 15 is 0 Å². The van der Waals surface area contributed by atoms with Crippen molar-refractivity contribution in [3.05, 3.63) is 29.8 Å². The van der Waals surface area contributed by atoms with Gasteiger partial charge in [0.15, 0.2) is 5.79 Å². The van der Waals surface area contributed by atoms with Gasteiger partial charge in [-0.2, -0.15) is 0 Å². The third-order valence-corrected chi connectivity index (χ3v) is 4.10. The first kappa shape index (κ1) is 14.5. The number of amides is 1. The number of benzene rings is 1. The van der Waals surface area contributed by atoms with Crippen LogP contribution in [0.3, 0.4) is 0 Å². The number of rotatable bonds is 3. The van der Waals surface area contributed by atoms with Crippen molar-refractivity contribution in [3.8, 4) is 0 Å². The molecule has 3 rings (SSSR count). The van der Waals surface area contributed by atoms with Crippen molar-refractivity contribution in [3.63, 3.8) is 0 Å². The number of anilines is 1. The van der Waals surface area contributed by atoms with Gasteiger partial charge in [-0.25, -0.2) is 0 Å². The second-order valence-corrected chi connectivity index (χ2v) is 5.78. The summed E-state index contributed by atoms with van der Waals surface area (Å²) in [5.41, 5.74) is 1.95. The Kier molecular flexibility index (Phi) is 4.24. The summed E-state index contributed by atoms with van der Waals surface area (Å²) < 4.78 is 11.5. The lowest BCUT2D eigenvalue weighted by atomic mass is 10.0. The van der Waals surface area contributed by atoms with E-state index in [9.17, 15) is 4.79 Å². The van der Waals surface area contributed by atoms with Gasteiger partial charge in [-0.15, -0.1) is 0 Å². The molecule has 21 heavy (non-hydrogen) atoms. The molecule has 1 spiro atoms. The number of hydrogen-bond donors (Lipinski definition) is 1. The fourth-order valence-corrected chi connectivity index (χ4v) is 3.04. The summed E-state index contributed by atoms with van der Waals surface area (Å²) in [6.45, 7) is 5.27. The van der Waals surface area contributed by atoms with Gasteiger partial charge in [0.1, 0.15) is 0 Å². The zero-order valence-electron chi connectivity index (χ0n) is 12.4. The average Bonchev–Trinajstić information content (AvgIpc) is 2.89. The number of para-hydroxylation sites is 1. The number of nitrogens with one attached hydrogen (secondary N) is 1. The van der Waals surface area contributed by atoms with E-state index in [1.807, 2.05) is 31.2 Å². The number of piperidine rings is 1. The highest BCUT2D eigenvalue weighted by molar-refractivity contribution is 5.92. The summed E-state index contributed by atoms with van der Waals surface area (Å²) in [6, 6.07) is 7.81. The Morgan fingerprint density at radius 1 is 1.33 bits per heavy atom. The molecule has 0 aromatic heterocycles. The zero-order chi connectivity index (χ0) is 14.7. The lowest BCUT2D eigenvalue weighted by molar-refractivity contribution is -0.189. The number of hydrogen-bond acceptors (Lipinski definition) is 4. The van der Waals surface area contributed by atoms with Gasteiger partial charge >= 0.3 is 0 Å². The normalized spacial score (nSPS) is 21.6. The van der Waals surface area contributed by atoms with Gasteiger partial charge in [0.25, 0.3) is 0 Å².